The van der Waals surface area contributed by atoms with Crippen LogP contribution in [0.3, 0.4) is 0 Å². The van der Waals surface area contributed by atoms with Crippen molar-refractivity contribution in [1.82, 2.24) is 10.2 Å². The van der Waals surface area contributed by atoms with Gasteiger partial charge < -0.3 is 5.32 Å². The van der Waals surface area contributed by atoms with E-state index in [1.165, 1.54) is 24.0 Å². The third-order valence-electron chi connectivity index (χ3n) is 4.35. The Bertz CT molecular complexity index is 568. The van der Waals surface area contributed by atoms with Crippen LogP contribution in [0.4, 0.5) is 0 Å². The fourth-order valence-electron chi connectivity index (χ4n) is 2.80. The van der Waals surface area contributed by atoms with Crippen LogP contribution in [0.25, 0.3) is 0 Å². The van der Waals surface area contributed by atoms with Gasteiger partial charge in [-0.1, -0.05) is 24.3 Å². The van der Waals surface area contributed by atoms with Gasteiger partial charge in [0.15, 0.2) is 9.84 Å². The minimum Gasteiger partial charge on any atom is -0.314 e. The first kappa shape index (κ1) is 15.0. The van der Waals surface area contributed by atoms with Crippen LogP contribution in [0.1, 0.15) is 24.0 Å². The van der Waals surface area contributed by atoms with Gasteiger partial charge in [-0.15, -0.1) is 0 Å². The van der Waals surface area contributed by atoms with Crippen molar-refractivity contribution in [3.63, 3.8) is 0 Å². The summed E-state index contributed by atoms with van der Waals surface area (Å²) in [5.74, 6) is 0.608. The highest BCUT2D eigenvalue weighted by molar-refractivity contribution is 7.91. The average molecular weight is 308 g/mol. The lowest BCUT2D eigenvalue weighted by atomic mass is 10.0. The van der Waals surface area contributed by atoms with Crippen molar-refractivity contribution in [2.75, 3.05) is 31.1 Å². The molecule has 0 aromatic heterocycles. The molecule has 0 amide bonds. The maximum atomic E-state index is 11.5. The molecule has 1 N–H and O–H groups in total. The van der Waals surface area contributed by atoms with E-state index in [9.17, 15) is 8.42 Å². The van der Waals surface area contributed by atoms with Crippen molar-refractivity contribution in [2.45, 2.75) is 31.8 Å². The second-order valence-corrected chi connectivity index (χ2v) is 8.48. The molecule has 1 aliphatic heterocycles. The van der Waals surface area contributed by atoms with E-state index >= 15 is 0 Å². The zero-order valence-corrected chi connectivity index (χ0v) is 13.2. The summed E-state index contributed by atoms with van der Waals surface area (Å²) < 4.78 is 23.0. The summed E-state index contributed by atoms with van der Waals surface area (Å²) in [5, 5.41) is 3.55. The third-order valence-corrected chi connectivity index (χ3v) is 5.96. The van der Waals surface area contributed by atoms with Crippen LogP contribution in [0.15, 0.2) is 24.3 Å². The third kappa shape index (κ3) is 4.53. The van der Waals surface area contributed by atoms with Gasteiger partial charge in [0.25, 0.3) is 0 Å². The Morgan fingerprint density at radius 2 is 1.76 bits per heavy atom. The van der Waals surface area contributed by atoms with Crippen LogP contribution in [0.5, 0.6) is 0 Å². The molecular formula is C16H24N2O2S. The maximum Gasteiger partial charge on any atom is 0.152 e. The number of benzene rings is 1. The summed E-state index contributed by atoms with van der Waals surface area (Å²) in [6.45, 7) is 3.24. The van der Waals surface area contributed by atoms with E-state index < -0.39 is 9.84 Å². The molecular weight excluding hydrogens is 284 g/mol. The minimum atomic E-state index is -2.79. The van der Waals surface area contributed by atoms with Crippen molar-refractivity contribution in [1.29, 1.82) is 0 Å². The molecule has 2 aliphatic rings. The van der Waals surface area contributed by atoms with Crippen molar-refractivity contribution < 1.29 is 8.42 Å². The predicted octanol–water partition coefficient (Wildman–Crippen LogP) is 1.21. The molecule has 0 spiro atoms. The van der Waals surface area contributed by atoms with Gasteiger partial charge in [-0.05, 0) is 36.9 Å². The second-order valence-electron chi connectivity index (χ2n) is 6.18. The molecule has 116 valence electrons. The Balaban J connectivity index is 1.56. The largest absolute Gasteiger partial charge is 0.314 e. The topological polar surface area (TPSA) is 49.4 Å². The van der Waals surface area contributed by atoms with E-state index in [0.717, 1.165) is 25.6 Å². The number of rotatable bonds is 6. The van der Waals surface area contributed by atoms with Gasteiger partial charge >= 0.3 is 0 Å². The lowest BCUT2D eigenvalue weighted by Crippen LogP contribution is -2.39. The first-order valence-electron chi connectivity index (χ1n) is 7.85. The van der Waals surface area contributed by atoms with Crippen LogP contribution >= 0.6 is 0 Å². The molecule has 3 rings (SSSR count). The van der Waals surface area contributed by atoms with E-state index in [4.69, 9.17) is 0 Å². The zero-order valence-electron chi connectivity index (χ0n) is 12.4. The van der Waals surface area contributed by atoms with Crippen LogP contribution in [-0.2, 0) is 22.8 Å². The molecule has 1 aromatic carbocycles. The van der Waals surface area contributed by atoms with Crippen LogP contribution in [-0.4, -0.2) is 50.5 Å². The van der Waals surface area contributed by atoms with E-state index in [1.807, 2.05) is 0 Å². The maximum absolute atomic E-state index is 11.5. The fraction of sp³-hybridized carbons (Fsp3) is 0.625. The van der Waals surface area contributed by atoms with Crippen molar-refractivity contribution in [2.24, 2.45) is 0 Å². The van der Waals surface area contributed by atoms with Gasteiger partial charge in [-0.2, -0.15) is 0 Å². The standard InChI is InChI=1S/C16H24N2O2S/c19-21(20)11-9-18(10-12-21)13-15-4-2-1-3-14(15)7-8-17-16-5-6-16/h1-4,16-17H,5-13H2. The molecule has 1 aliphatic carbocycles. The normalized spacial score (nSPS) is 22.3. The quantitative estimate of drug-likeness (QED) is 0.858. The average Bonchev–Trinajstić information content (AvgIpc) is 3.27. The van der Waals surface area contributed by atoms with Crippen LogP contribution < -0.4 is 5.32 Å². The highest BCUT2D eigenvalue weighted by Gasteiger charge is 2.22. The van der Waals surface area contributed by atoms with Gasteiger partial charge in [0.05, 0.1) is 11.5 Å². The molecule has 2 fully saturated rings. The molecule has 0 radical (unpaired) electrons. The summed E-state index contributed by atoms with van der Waals surface area (Å²) in [6.07, 6.45) is 3.70. The number of sulfone groups is 1. The summed E-state index contributed by atoms with van der Waals surface area (Å²) in [7, 11) is -2.79. The Kier molecular flexibility index (Phi) is 4.62. The Morgan fingerprint density at radius 3 is 2.43 bits per heavy atom. The Hall–Kier alpha value is -0.910. The first-order chi connectivity index (χ1) is 10.1. The van der Waals surface area contributed by atoms with E-state index in [1.54, 1.807) is 0 Å². The molecule has 4 nitrogen and oxygen atoms in total. The summed E-state index contributed by atoms with van der Waals surface area (Å²) in [5.41, 5.74) is 2.73. The van der Waals surface area contributed by atoms with Gasteiger partial charge in [-0.25, -0.2) is 8.42 Å². The molecule has 21 heavy (non-hydrogen) atoms. The number of nitrogens with one attached hydrogen (secondary N) is 1. The van der Waals surface area contributed by atoms with Crippen LogP contribution in [0, 0.1) is 0 Å². The number of hydrogen-bond donors (Lipinski definition) is 1. The Morgan fingerprint density at radius 1 is 1.10 bits per heavy atom. The summed E-state index contributed by atoms with van der Waals surface area (Å²) >= 11 is 0. The number of nitrogens with zero attached hydrogens (tertiary/aromatic N) is 1. The molecule has 5 heteroatoms. The molecule has 0 atom stereocenters. The minimum absolute atomic E-state index is 0.304. The molecule has 1 saturated heterocycles. The SMILES string of the molecule is O=S1(=O)CCN(Cc2ccccc2CCNC2CC2)CC1. The predicted molar refractivity (Wildman–Crippen MR) is 85.1 cm³/mol. The van der Waals surface area contributed by atoms with Crippen LogP contribution in [0.2, 0.25) is 0 Å². The second kappa shape index (κ2) is 6.46. The van der Waals surface area contributed by atoms with Gasteiger partial charge in [-0.3, -0.25) is 4.90 Å². The zero-order chi connectivity index (χ0) is 14.7. The highest BCUT2D eigenvalue weighted by atomic mass is 32.2. The molecule has 1 saturated carbocycles. The highest BCUT2D eigenvalue weighted by Crippen LogP contribution is 2.19. The van der Waals surface area contributed by atoms with E-state index in [-0.39, 0.29) is 0 Å². The summed E-state index contributed by atoms with van der Waals surface area (Å²) in [4.78, 5) is 2.26. The molecule has 1 heterocycles. The fourth-order valence-corrected chi connectivity index (χ4v) is 4.08. The van der Waals surface area contributed by atoms with E-state index in [2.05, 4.69) is 34.5 Å². The van der Waals surface area contributed by atoms with E-state index in [0.29, 0.717) is 24.6 Å². The smallest absolute Gasteiger partial charge is 0.152 e. The molecule has 1 aromatic rings. The van der Waals surface area contributed by atoms with Crippen molar-refractivity contribution >= 4 is 9.84 Å². The lowest BCUT2D eigenvalue weighted by Gasteiger charge is -2.27. The lowest BCUT2D eigenvalue weighted by molar-refractivity contribution is 0.287. The summed E-state index contributed by atoms with van der Waals surface area (Å²) in [6, 6.07) is 9.30. The molecule has 0 unspecified atom stereocenters. The van der Waals surface area contributed by atoms with Gasteiger partial charge in [0.2, 0.25) is 0 Å². The van der Waals surface area contributed by atoms with Gasteiger partial charge in [0, 0.05) is 25.7 Å². The monoisotopic (exact) mass is 308 g/mol. The first-order valence-corrected chi connectivity index (χ1v) is 9.67. The van der Waals surface area contributed by atoms with Crippen molar-refractivity contribution in [3.8, 4) is 0 Å². The van der Waals surface area contributed by atoms with Gasteiger partial charge in [0.1, 0.15) is 0 Å². The number of hydrogen-bond acceptors (Lipinski definition) is 4. The molecule has 0 bridgehead atoms. The Labute approximate surface area is 127 Å². The van der Waals surface area contributed by atoms with Crippen molar-refractivity contribution in [3.05, 3.63) is 35.4 Å².